The summed E-state index contributed by atoms with van der Waals surface area (Å²) in [7, 11) is 1.80. The van der Waals surface area contributed by atoms with E-state index < -0.39 is 11.4 Å². The molecule has 1 heterocycles. The SMILES string of the molecule is CCNC(=NCC(C)(O)c1cnn(C)c1)NCCc1ccc(Oc2ccccc2)c(F)c1.I. The fourth-order valence-electron chi connectivity index (χ4n) is 3.09. The summed E-state index contributed by atoms with van der Waals surface area (Å²) in [5.74, 6) is 0.968. The van der Waals surface area contributed by atoms with E-state index in [1.807, 2.05) is 31.2 Å². The summed E-state index contributed by atoms with van der Waals surface area (Å²) in [5.41, 5.74) is 0.412. The summed E-state index contributed by atoms with van der Waals surface area (Å²) < 4.78 is 21.7. The van der Waals surface area contributed by atoms with Gasteiger partial charge in [0, 0.05) is 31.9 Å². The third-order valence-electron chi connectivity index (χ3n) is 4.89. The van der Waals surface area contributed by atoms with Crippen LogP contribution in [0.2, 0.25) is 0 Å². The van der Waals surface area contributed by atoms with Crippen LogP contribution >= 0.6 is 24.0 Å². The average molecular weight is 567 g/mol. The van der Waals surface area contributed by atoms with Crippen LogP contribution < -0.4 is 15.4 Å². The van der Waals surface area contributed by atoms with Crippen molar-refractivity contribution in [3.05, 3.63) is 77.9 Å². The van der Waals surface area contributed by atoms with Crippen molar-refractivity contribution in [2.24, 2.45) is 12.0 Å². The van der Waals surface area contributed by atoms with Gasteiger partial charge >= 0.3 is 0 Å². The maximum atomic E-state index is 14.4. The number of nitrogens with one attached hydrogen (secondary N) is 2. The van der Waals surface area contributed by atoms with Gasteiger partial charge in [-0.3, -0.25) is 4.68 Å². The second kappa shape index (κ2) is 12.5. The van der Waals surface area contributed by atoms with E-state index in [1.165, 1.54) is 6.07 Å². The normalized spacial score (nSPS) is 13.1. The maximum absolute atomic E-state index is 14.4. The molecule has 9 heteroatoms. The molecule has 33 heavy (non-hydrogen) atoms. The second-order valence-corrected chi connectivity index (χ2v) is 7.73. The largest absolute Gasteiger partial charge is 0.454 e. The van der Waals surface area contributed by atoms with Gasteiger partial charge in [0.05, 0.1) is 12.7 Å². The van der Waals surface area contributed by atoms with Crippen molar-refractivity contribution in [2.75, 3.05) is 19.6 Å². The Morgan fingerprint density at radius 1 is 1.21 bits per heavy atom. The summed E-state index contributed by atoms with van der Waals surface area (Å²) in [5, 5.41) is 21.2. The smallest absolute Gasteiger partial charge is 0.191 e. The molecule has 0 radical (unpaired) electrons. The molecule has 0 aliphatic carbocycles. The molecule has 0 fully saturated rings. The average Bonchev–Trinajstić information content (AvgIpc) is 3.22. The fourth-order valence-corrected chi connectivity index (χ4v) is 3.09. The Morgan fingerprint density at radius 3 is 2.61 bits per heavy atom. The number of rotatable bonds is 9. The first-order valence-electron chi connectivity index (χ1n) is 10.6. The van der Waals surface area contributed by atoms with Gasteiger partial charge in [-0.05, 0) is 50.1 Å². The van der Waals surface area contributed by atoms with E-state index in [9.17, 15) is 9.50 Å². The van der Waals surface area contributed by atoms with Crippen molar-refractivity contribution in [3.8, 4) is 11.5 Å². The molecular weight excluding hydrogens is 536 g/mol. The van der Waals surface area contributed by atoms with E-state index in [-0.39, 0.29) is 36.3 Å². The topological polar surface area (TPSA) is 83.7 Å². The van der Waals surface area contributed by atoms with Crippen molar-refractivity contribution in [1.82, 2.24) is 20.4 Å². The number of hydrogen-bond acceptors (Lipinski definition) is 4. The van der Waals surface area contributed by atoms with E-state index in [0.29, 0.717) is 36.8 Å². The minimum absolute atomic E-state index is 0. The Labute approximate surface area is 211 Å². The molecule has 0 saturated heterocycles. The van der Waals surface area contributed by atoms with Gasteiger partial charge in [0.15, 0.2) is 17.5 Å². The highest BCUT2D eigenvalue weighted by Crippen LogP contribution is 2.25. The Bertz CT molecular complexity index is 1040. The second-order valence-electron chi connectivity index (χ2n) is 7.73. The van der Waals surface area contributed by atoms with Crippen LogP contribution in [0.15, 0.2) is 65.9 Å². The van der Waals surface area contributed by atoms with Crippen LogP contribution in [0.5, 0.6) is 11.5 Å². The van der Waals surface area contributed by atoms with Gasteiger partial charge in [0.25, 0.3) is 0 Å². The lowest BCUT2D eigenvalue weighted by Crippen LogP contribution is -2.39. The molecule has 3 rings (SSSR count). The number of guanidine groups is 1. The molecule has 0 amide bonds. The van der Waals surface area contributed by atoms with Crippen molar-refractivity contribution >= 4 is 29.9 Å². The van der Waals surface area contributed by atoms with Gasteiger partial charge in [-0.2, -0.15) is 5.10 Å². The Balaban J connectivity index is 0.00000385. The predicted molar refractivity (Wildman–Crippen MR) is 139 cm³/mol. The number of benzene rings is 2. The van der Waals surface area contributed by atoms with Gasteiger partial charge in [0.1, 0.15) is 11.4 Å². The van der Waals surface area contributed by atoms with Gasteiger partial charge < -0.3 is 20.5 Å². The van der Waals surface area contributed by atoms with E-state index in [1.54, 1.807) is 49.2 Å². The lowest BCUT2D eigenvalue weighted by Gasteiger charge is -2.20. The van der Waals surface area contributed by atoms with Crippen molar-refractivity contribution in [3.63, 3.8) is 0 Å². The highest BCUT2D eigenvalue weighted by atomic mass is 127. The molecule has 1 atom stereocenters. The standard InChI is InChI=1S/C24H30FN5O2.HI/c1-4-26-23(28-17-24(2,31)19-15-29-30(3)16-19)27-13-12-18-10-11-22(21(25)14-18)32-20-8-6-5-7-9-20;/h5-11,14-16,31H,4,12-13,17H2,1-3H3,(H2,26,27,28);1H. The molecule has 0 aliphatic rings. The summed E-state index contributed by atoms with van der Waals surface area (Å²) in [4.78, 5) is 4.49. The number of para-hydroxylation sites is 1. The van der Waals surface area contributed by atoms with E-state index in [0.717, 1.165) is 5.56 Å². The number of aliphatic hydroxyl groups is 1. The van der Waals surface area contributed by atoms with Crippen LogP contribution in [0.3, 0.4) is 0 Å². The van der Waals surface area contributed by atoms with Gasteiger partial charge in [0.2, 0.25) is 0 Å². The Morgan fingerprint density at radius 2 is 1.97 bits per heavy atom. The zero-order chi connectivity index (χ0) is 23.0. The van der Waals surface area contributed by atoms with Crippen LogP contribution in [0.25, 0.3) is 0 Å². The first kappa shape index (κ1) is 26.6. The molecule has 0 spiro atoms. The summed E-state index contributed by atoms with van der Waals surface area (Å²) in [6.07, 6.45) is 4.01. The third-order valence-corrected chi connectivity index (χ3v) is 4.89. The van der Waals surface area contributed by atoms with Crippen LogP contribution in [0, 0.1) is 5.82 Å². The lowest BCUT2D eigenvalue weighted by molar-refractivity contribution is 0.0672. The monoisotopic (exact) mass is 567 g/mol. The number of aliphatic imine (C=N–C) groups is 1. The zero-order valence-electron chi connectivity index (χ0n) is 19.1. The first-order chi connectivity index (χ1) is 15.4. The fraction of sp³-hybridized carbons (Fsp3) is 0.333. The van der Waals surface area contributed by atoms with Crippen LogP contribution in [-0.4, -0.2) is 40.5 Å². The minimum atomic E-state index is -1.13. The highest BCUT2D eigenvalue weighted by molar-refractivity contribution is 14.0. The third kappa shape index (κ3) is 8.01. The zero-order valence-corrected chi connectivity index (χ0v) is 21.4. The number of nitrogens with zero attached hydrogens (tertiary/aromatic N) is 3. The maximum Gasteiger partial charge on any atom is 0.191 e. The number of halogens is 2. The molecule has 178 valence electrons. The summed E-state index contributed by atoms with van der Waals surface area (Å²) in [6.45, 7) is 5.09. The summed E-state index contributed by atoms with van der Waals surface area (Å²) in [6, 6.07) is 14.1. The lowest BCUT2D eigenvalue weighted by atomic mass is 10.0. The molecule has 0 saturated carbocycles. The van der Waals surface area contributed by atoms with Crippen molar-refractivity contribution in [1.29, 1.82) is 0 Å². The molecule has 1 aromatic heterocycles. The number of hydrogen-bond donors (Lipinski definition) is 3. The molecule has 3 N–H and O–H groups in total. The molecule has 1 unspecified atom stereocenters. The van der Waals surface area contributed by atoms with Gasteiger partial charge in [-0.15, -0.1) is 24.0 Å². The molecule has 3 aromatic rings. The van der Waals surface area contributed by atoms with Gasteiger partial charge in [-0.25, -0.2) is 9.38 Å². The molecule has 2 aromatic carbocycles. The summed E-state index contributed by atoms with van der Waals surface area (Å²) >= 11 is 0. The van der Waals surface area contributed by atoms with Crippen molar-refractivity contribution in [2.45, 2.75) is 25.9 Å². The van der Waals surface area contributed by atoms with E-state index in [2.05, 4.69) is 20.7 Å². The Kier molecular flexibility index (Phi) is 10.1. The van der Waals surface area contributed by atoms with Crippen molar-refractivity contribution < 1.29 is 14.2 Å². The highest BCUT2D eigenvalue weighted by Gasteiger charge is 2.24. The first-order valence-corrected chi connectivity index (χ1v) is 10.6. The van der Waals surface area contributed by atoms with Gasteiger partial charge in [-0.1, -0.05) is 24.3 Å². The molecular formula is C24H31FIN5O2. The molecule has 0 bridgehead atoms. The number of ether oxygens (including phenoxy) is 1. The number of aromatic nitrogens is 2. The minimum Gasteiger partial charge on any atom is -0.454 e. The van der Waals surface area contributed by atoms with Crippen LogP contribution in [-0.2, 0) is 19.1 Å². The quantitative estimate of drug-likeness (QED) is 0.207. The van der Waals surface area contributed by atoms with Crippen LogP contribution in [0.4, 0.5) is 4.39 Å². The van der Waals surface area contributed by atoms with E-state index in [4.69, 9.17) is 4.74 Å². The Hall–Kier alpha value is -2.66. The number of aryl methyl sites for hydroxylation is 1. The predicted octanol–water partition coefficient (Wildman–Crippen LogP) is 3.97. The van der Waals surface area contributed by atoms with Crippen LogP contribution in [0.1, 0.15) is 25.0 Å². The molecule has 0 aliphatic heterocycles. The molecule has 7 nitrogen and oxygen atoms in total. The van der Waals surface area contributed by atoms with E-state index >= 15 is 0 Å².